The second-order valence-electron chi connectivity index (χ2n) is 4.34. The van der Waals surface area contributed by atoms with Gasteiger partial charge in [0.15, 0.2) is 5.78 Å². The van der Waals surface area contributed by atoms with E-state index in [1.807, 2.05) is 0 Å². The van der Waals surface area contributed by atoms with Gasteiger partial charge in [-0.05, 0) is 43.3 Å². The van der Waals surface area contributed by atoms with Crippen LogP contribution in [-0.2, 0) is 0 Å². The van der Waals surface area contributed by atoms with Gasteiger partial charge in [0.25, 0.3) is 0 Å². The fraction of sp³-hybridized carbons (Fsp3) is 0.0625. The summed E-state index contributed by atoms with van der Waals surface area (Å²) in [6, 6.07) is 13.6. The number of rotatable bonds is 4. The molecule has 2 rings (SSSR count). The number of benzene rings is 2. The Hall–Kier alpha value is -2.26. The van der Waals surface area contributed by atoms with E-state index in [9.17, 15) is 9.90 Å². The highest BCUT2D eigenvalue weighted by atomic mass is 35.5. The topological polar surface area (TPSA) is 49.3 Å². The minimum absolute atomic E-state index is 0.123. The second kappa shape index (κ2) is 6.26. The highest BCUT2D eigenvalue weighted by molar-refractivity contribution is 6.30. The Morgan fingerprint density at radius 3 is 2.45 bits per heavy atom. The fourth-order valence-electron chi connectivity index (χ4n) is 1.72. The molecule has 0 radical (unpaired) electrons. The molecule has 0 aliphatic heterocycles. The van der Waals surface area contributed by atoms with Gasteiger partial charge in [0.1, 0.15) is 5.75 Å². The van der Waals surface area contributed by atoms with Crippen molar-refractivity contribution in [2.75, 3.05) is 5.32 Å². The van der Waals surface area contributed by atoms with Gasteiger partial charge in [-0.2, -0.15) is 0 Å². The second-order valence-corrected chi connectivity index (χ2v) is 4.78. The van der Waals surface area contributed by atoms with Crippen LogP contribution < -0.4 is 5.32 Å². The molecule has 0 saturated heterocycles. The number of aromatic hydroxyl groups is 1. The Morgan fingerprint density at radius 2 is 1.80 bits per heavy atom. The van der Waals surface area contributed by atoms with Crippen molar-refractivity contribution < 1.29 is 9.90 Å². The van der Waals surface area contributed by atoms with Crippen molar-refractivity contribution >= 4 is 23.1 Å². The number of hydrogen-bond donors (Lipinski definition) is 2. The Labute approximate surface area is 122 Å². The molecule has 0 bridgehead atoms. The number of ketones is 1. The number of carbonyl (C=O) groups excluding carboxylic acids is 1. The molecule has 0 unspecified atom stereocenters. The van der Waals surface area contributed by atoms with Crippen molar-refractivity contribution in [2.24, 2.45) is 0 Å². The van der Waals surface area contributed by atoms with E-state index in [1.54, 1.807) is 55.5 Å². The van der Waals surface area contributed by atoms with Gasteiger partial charge in [-0.15, -0.1) is 0 Å². The lowest BCUT2D eigenvalue weighted by Crippen LogP contribution is -2.01. The highest BCUT2D eigenvalue weighted by Gasteiger charge is 2.04. The number of anilines is 1. The van der Waals surface area contributed by atoms with Gasteiger partial charge < -0.3 is 10.4 Å². The summed E-state index contributed by atoms with van der Waals surface area (Å²) in [5.74, 6) is 0.0151. The van der Waals surface area contributed by atoms with E-state index < -0.39 is 0 Å². The van der Waals surface area contributed by atoms with E-state index >= 15 is 0 Å². The summed E-state index contributed by atoms with van der Waals surface area (Å²) < 4.78 is 0. The van der Waals surface area contributed by atoms with Crippen LogP contribution in [0, 0.1) is 0 Å². The molecular weight excluding hydrogens is 274 g/mol. The number of para-hydroxylation sites is 2. The summed E-state index contributed by atoms with van der Waals surface area (Å²) >= 11 is 5.78. The maximum absolute atomic E-state index is 12.0. The highest BCUT2D eigenvalue weighted by Crippen LogP contribution is 2.23. The smallest absolute Gasteiger partial charge is 0.187 e. The van der Waals surface area contributed by atoms with Crippen molar-refractivity contribution in [1.29, 1.82) is 0 Å². The van der Waals surface area contributed by atoms with Crippen molar-refractivity contribution in [1.82, 2.24) is 0 Å². The molecule has 20 heavy (non-hydrogen) atoms. The van der Waals surface area contributed by atoms with Crippen LogP contribution in [0.25, 0.3) is 0 Å². The first-order valence-electron chi connectivity index (χ1n) is 6.09. The van der Waals surface area contributed by atoms with Crippen molar-refractivity contribution in [3.05, 3.63) is 70.9 Å². The zero-order chi connectivity index (χ0) is 14.5. The summed E-state index contributed by atoms with van der Waals surface area (Å²) in [6.07, 6.45) is 1.48. The van der Waals surface area contributed by atoms with Crippen molar-refractivity contribution in [3.63, 3.8) is 0 Å². The summed E-state index contributed by atoms with van der Waals surface area (Å²) in [5.41, 5.74) is 1.77. The molecule has 0 spiro atoms. The third-order valence-electron chi connectivity index (χ3n) is 2.71. The summed E-state index contributed by atoms with van der Waals surface area (Å²) in [5, 5.41) is 13.2. The summed E-state index contributed by atoms with van der Waals surface area (Å²) in [4.78, 5) is 12.0. The van der Waals surface area contributed by atoms with Crippen LogP contribution in [0.5, 0.6) is 5.75 Å². The average Bonchev–Trinajstić information content (AvgIpc) is 2.42. The molecule has 0 fully saturated rings. The van der Waals surface area contributed by atoms with E-state index in [0.717, 1.165) is 0 Å². The third-order valence-corrected chi connectivity index (χ3v) is 2.96. The first-order chi connectivity index (χ1) is 9.56. The van der Waals surface area contributed by atoms with Crippen LogP contribution in [0.3, 0.4) is 0 Å². The molecule has 102 valence electrons. The van der Waals surface area contributed by atoms with Crippen LogP contribution in [0.1, 0.15) is 17.3 Å². The first kappa shape index (κ1) is 14.2. The zero-order valence-electron chi connectivity index (χ0n) is 10.9. The number of nitrogens with one attached hydrogen (secondary N) is 1. The van der Waals surface area contributed by atoms with E-state index in [2.05, 4.69) is 5.32 Å². The van der Waals surface area contributed by atoms with Crippen molar-refractivity contribution in [2.45, 2.75) is 6.92 Å². The predicted octanol–water partition coefficient (Wildman–Crippen LogP) is 4.24. The fourth-order valence-corrected chi connectivity index (χ4v) is 1.85. The van der Waals surface area contributed by atoms with Gasteiger partial charge in [0, 0.05) is 22.4 Å². The molecule has 0 amide bonds. The van der Waals surface area contributed by atoms with Crippen LogP contribution in [0.4, 0.5) is 5.69 Å². The predicted molar refractivity (Wildman–Crippen MR) is 81.3 cm³/mol. The van der Waals surface area contributed by atoms with E-state index in [-0.39, 0.29) is 11.5 Å². The molecule has 2 aromatic rings. The van der Waals surface area contributed by atoms with Crippen LogP contribution in [-0.4, -0.2) is 10.9 Å². The third kappa shape index (κ3) is 3.62. The van der Waals surface area contributed by atoms with Crippen molar-refractivity contribution in [3.8, 4) is 5.75 Å². The van der Waals surface area contributed by atoms with Crippen LogP contribution >= 0.6 is 11.6 Å². The Morgan fingerprint density at radius 1 is 1.15 bits per heavy atom. The Balaban J connectivity index is 2.12. The first-order valence-corrected chi connectivity index (χ1v) is 6.47. The zero-order valence-corrected chi connectivity index (χ0v) is 11.7. The SMILES string of the molecule is C/C(=C/C(=O)c1ccc(Cl)cc1)Nc1ccccc1O. The molecule has 0 atom stereocenters. The minimum Gasteiger partial charge on any atom is -0.506 e. The monoisotopic (exact) mass is 287 g/mol. The van der Waals surface area contributed by atoms with Crippen LogP contribution in [0.15, 0.2) is 60.3 Å². The molecular formula is C16H14ClNO2. The largest absolute Gasteiger partial charge is 0.506 e. The lowest BCUT2D eigenvalue weighted by molar-refractivity contribution is 0.104. The lowest BCUT2D eigenvalue weighted by Gasteiger charge is -2.08. The van der Waals surface area contributed by atoms with Gasteiger partial charge in [0.2, 0.25) is 0 Å². The summed E-state index contributed by atoms with van der Waals surface area (Å²) in [6.45, 7) is 1.76. The van der Waals surface area contributed by atoms with Crippen LogP contribution in [0.2, 0.25) is 5.02 Å². The number of halogens is 1. The van der Waals surface area contributed by atoms with Gasteiger partial charge in [-0.25, -0.2) is 0 Å². The van der Waals surface area contributed by atoms with E-state index in [4.69, 9.17) is 11.6 Å². The van der Waals surface area contributed by atoms with Gasteiger partial charge in [-0.1, -0.05) is 23.7 Å². The molecule has 2 N–H and O–H groups in total. The Kier molecular flexibility index (Phi) is 4.43. The average molecular weight is 288 g/mol. The lowest BCUT2D eigenvalue weighted by atomic mass is 10.1. The molecule has 3 nitrogen and oxygen atoms in total. The molecule has 4 heteroatoms. The molecule has 0 heterocycles. The minimum atomic E-state index is -0.123. The number of carbonyl (C=O) groups is 1. The number of allylic oxidation sites excluding steroid dienone is 2. The van der Waals surface area contributed by atoms with Gasteiger partial charge in [0.05, 0.1) is 5.69 Å². The van der Waals surface area contributed by atoms with E-state index in [0.29, 0.717) is 22.0 Å². The molecule has 0 aliphatic carbocycles. The normalized spacial score (nSPS) is 11.2. The maximum Gasteiger partial charge on any atom is 0.187 e. The quantitative estimate of drug-likeness (QED) is 0.502. The summed E-state index contributed by atoms with van der Waals surface area (Å²) in [7, 11) is 0. The molecule has 2 aromatic carbocycles. The van der Waals surface area contributed by atoms with Gasteiger partial charge >= 0.3 is 0 Å². The van der Waals surface area contributed by atoms with Gasteiger partial charge in [-0.3, -0.25) is 4.79 Å². The molecule has 0 aromatic heterocycles. The molecule has 0 saturated carbocycles. The standard InChI is InChI=1S/C16H14ClNO2/c1-11(18-14-4-2-3-5-15(14)19)10-16(20)12-6-8-13(17)9-7-12/h2-10,18-19H,1H3/b11-10-. The Bertz CT molecular complexity index is 648. The number of hydrogen-bond acceptors (Lipinski definition) is 3. The molecule has 0 aliphatic rings. The maximum atomic E-state index is 12.0. The number of phenols is 1. The number of phenolic OH excluding ortho intramolecular Hbond substituents is 1. The van der Waals surface area contributed by atoms with E-state index in [1.165, 1.54) is 6.08 Å².